The molecule has 0 spiro atoms. The van der Waals surface area contributed by atoms with E-state index in [9.17, 15) is 17.2 Å². The van der Waals surface area contributed by atoms with Gasteiger partial charge in [-0.25, -0.2) is 8.42 Å². The Labute approximate surface area is 108 Å². The lowest BCUT2D eigenvalue weighted by molar-refractivity contribution is 0.0156. The lowest BCUT2D eigenvalue weighted by Gasteiger charge is -2.40. The number of fused-ring (bicyclic) bond motifs is 2. The van der Waals surface area contributed by atoms with Gasteiger partial charge in [-0.1, -0.05) is 20.8 Å². The summed E-state index contributed by atoms with van der Waals surface area (Å²) in [5.74, 6) is 0.277. The average molecular weight is 280 g/mol. The Morgan fingerprint density at radius 3 is 2.17 bits per heavy atom. The first-order chi connectivity index (χ1) is 7.92. The molecule has 0 heterocycles. The van der Waals surface area contributed by atoms with Crippen LogP contribution in [0, 0.1) is 22.7 Å². The zero-order chi connectivity index (χ0) is 14.0. The zero-order valence-corrected chi connectivity index (χ0v) is 12.3. The van der Waals surface area contributed by atoms with Crippen molar-refractivity contribution in [3.05, 3.63) is 0 Å². The fourth-order valence-electron chi connectivity index (χ4n) is 4.12. The molecular weight excluding hydrogens is 258 g/mol. The Balaban J connectivity index is 2.24. The van der Waals surface area contributed by atoms with Crippen LogP contribution in [0.3, 0.4) is 0 Å². The minimum Gasteiger partial charge on any atom is -0.223 e. The first kappa shape index (κ1) is 14.2. The molecule has 0 aromatic carbocycles. The van der Waals surface area contributed by atoms with Gasteiger partial charge in [0.15, 0.2) is 0 Å². The van der Waals surface area contributed by atoms with E-state index in [2.05, 4.69) is 20.8 Å². The molecule has 0 amide bonds. The number of rotatable bonds is 3. The van der Waals surface area contributed by atoms with E-state index < -0.39 is 21.5 Å². The van der Waals surface area contributed by atoms with Crippen molar-refractivity contribution in [1.82, 2.24) is 0 Å². The molecule has 18 heavy (non-hydrogen) atoms. The summed E-state index contributed by atoms with van der Waals surface area (Å²) in [7, 11) is -4.30. The lowest BCUT2D eigenvalue weighted by Crippen LogP contribution is -2.38. The summed E-state index contributed by atoms with van der Waals surface area (Å²) in [4.78, 5) is 0. The van der Waals surface area contributed by atoms with Crippen molar-refractivity contribution >= 4 is 9.84 Å². The first-order valence-corrected chi connectivity index (χ1v) is 8.38. The van der Waals surface area contributed by atoms with Crippen LogP contribution >= 0.6 is 0 Å². The molecule has 0 aromatic heterocycles. The second kappa shape index (κ2) is 3.68. The SMILES string of the molecule is CC1(C)C2CCC1(C)C(CC(F)(F)S(C)(=O)=O)C2. The maximum absolute atomic E-state index is 13.7. The highest BCUT2D eigenvalue weighted by Crippen LogP contribution is 2.69. The molecule has 5 heteroatoms. The number of alkyl halides is 2. The molecule has 3 atom stereocenters. The van der Waals surface area contributed by atoms with Crippen molar-refractivity contribution in [3.8, 4) is 0 Å². The second-order valence-electron chi connectivity index (χ2n) is 6.92. The van der Waals surface area contributed by atoms with Gasteiger partial charge in [-0.15, -0.1) is 0 Å². The lowest BCUT2D eigenvalue weighted by atomic mass is 9.66. The van der Waals surface area contributed by atoms with E-state index in [1.165, 1.54) is 0 Å². The van der Waals surface area contributed by atoms with Crippen LogP contribution in [0.1, 0.15) is 46.5 Å². The third-order valence-electron chi connectivity index (χ3n) is 6.00. The molecule has 2 nitrogen and oxygen atoms in total. The molecule has 0 radical (unpaired) electrons. The van der Waals surface area contributed by atoms with Crippen molar-refractivity contribution in [3.63, 3.8) is 0 Å². The summed E-state index contributed by atoms with van der Waals surface area (Å²) in [5, 5.41) is -3.58. The van der Waals surface area contributed by atoms with Crippen LogP contribution < -0.4 is 0 Å². The number of hydrogen-bond donors (Lipinski definition) is 0. The number of sulfone groups is 1. The molecule has 2 aliphatic carbocycles. The van der Waals surface area contributed by atoms with E-state index in [0.717, 1.165) is 19.3 Å². The van der Waals surface area contributed by atoms with E-state index in [-0.39, 0.29) is 16.7 Å². The number of halogens is 2. The topological polar surface area (TPSA) is 34.1 Å². The highest BCUT2D eigenvalue weighted by atomic mass is 32.2. The van der Waals surface area contributed by atoms with E-state index in [0.29, 0.717) is 12.2 Å². The van der Waals surface area contributed by atoms with Crippen LogP contribution in [0.15, 0.2) is 0 Å². The molecule has 106 valence electrons. The summed E-state index contributed by atoms with van der Waals surface area (Å²) in [6.45, 7) is 6.34. The Morgan fingerprint density at radius 1 is 1.28 bits per heavy atom. The fraction of sp³-hybridized carbons (Fsp3) is 1.00. The Hall–Kier alpha value is -0.190. The van der Waals surface area contributed by atoms with Gasteiger partial charge in [-0.05, 0) is 41.9 Å². The van der Waals surface area contributed by atoms with E-state index in [1.807, 2.05) is 0 Å². The van der Waals surface area contributed by atoms with Gasteiger partial charge >= 0.3 is 5.25 Å². The van der Waals surface area contributed by atoms with Crippen molar-refractivity contribution < 1.29 is 17.2 Å². The molecule has 0 saturated heterocycles. The highest BCUT2D eigenvalue weighted by molar-refractivity contribution is 7.91. The molecule has 3 unspecified atom stereocenters. The normalized spacial score (nSPS) is 39.2. The molecule has 2 aliphatic rings. The van der Waals surface area contributed by atoms with Gasteiger partial charge in [0.05, 0.1) is 0 Å². The largest absolute Gasteiger partial charge is 0.345 e. The maximum Gasteiger partial charge on any atom is 0.345 e. The first-order valence-electron chi connectivity index (χ1n) is 6.49. The molecule has 2 bridgehead atoms. The van der Waals surface area contributed by atoms with Crippen molar-refractivity contribution in [2.45, 2.75) is 51.7 Å². The molecule has 0 aliphatic heterocycles. The molecule has 2 fully saturated rings. The minimum absolute atomic E-state index is 0.0469. The van der Waals surface area contributed by atoms with Gasteiger partial charge in [0, 0.05) is 12.7 Å². The highest BCUT2D eigenvalue weighted by Gasteiger charge is 2.63. The van der Waals surface area contributed by atoms with E-state index in [4.69, 9.17) is 0 Å². The van der Waals surface area contributed by atoms with Gasteiger partial charge in [0.25, 0.3) is 0 Å². The van der Waals surface area contributed by atoms with Crippen molar-refractivity contribution in [2.24, 2.45) is 22.7 Å². The van der Waals surface area contributed by atoms with Crippen LogP contribution in [0.5, 0.6) is 0 Å². The molecular formula is C13H22F2O2S. The van der Waals surface area contributed by atoms with E-state index >= 15 is 0 Å². The predicted octanol–water partition coefficient (Wildman–Crippen LogP) is 3.48. The molecule has 2 rings (SSSR count). The number of hydrogen-bond acceptors (Lipinski definition) is 2. The van der Waals surface area contributed by atoms with Crippen LogP contribution in [0.2, 0.25) is 0 Å². The third kappa shape index (κ3) is 1.73. The van der Waals surface area contributed by atoms with Crippen LogP contribution in [-0.4, -0.2) is 19.9 Å². The standard InChI is InChI=1S/C13H22F2O2S/c1-11(2)9-5-6-12(11,3)10(7-9)8-13(14,15)18(4,16)17/h9-10H,5-8H2,1-4H3. The summed E-state index contributed by atoms with van der Waals surface area (Å²) >= 11 is 0. The fourth-order valence-corrected chi connectivity index (χ4v) is 4.62. The van der Waals surface area contributed by atoms with Gasteiger partial charge in [-0.2, -0.15) is 8.78 Å². The predicted molar refractivity (Wildman–Crippen MR) is 67.1 cm³/mol. The van der Waals surface area contributed by atoms with Crippen LogP contribution in [-0.2, 0) is 9.84 Å². The minimum atomic E-state index is -4.30. The van der Waals surface area contributed by atoms with Gasteiger partial charge in [0.2, 0.25) is 9.84 Å². The maximum atomic E-state index is 13.7. The third-order valence-corrected chi connectivity index (χ3v) is 7.25. The van der Waals surface area contributed by atoms with Crippen LogP contribution in [0.25, 0.3) is 0 Å². The Kier molecular flexibility index (Phi) is 2.90. The molecule has 2 saturated carbocycles. The van der Waals surface area contributed by atoms with Gasteiger partial charge in [-0.3, -0.25) is 0 Å². The Bertz CT molecular complexity index is 456. The smallest absolute Gasteiger partial charge is 0.223 e. The van der Waals surface area contributed by atoms with Crippen molar-refractivity contribution in [1.29, 1.82) is 0 Å². The summed E-state index contributed by atoms with van der Waals surface area (Å²) in [6, 6.07) is 0. The Morgan fingerprint density at radius 2 is 1.83 bits per heavy atom. The van der Waals surface area contributed by atoms with Gasteiger partial charge < -0.3 is 0 Å². The van der Waals surface area contributed by atoms with Gasteiger partial charge in [0.1, 0.15) is 0 Å². The summed E-state index contributed by atoms with van der Waals surface area (Å²) < 4.78 is 49.8. The quantitative estimate of drug-likeness (QED) is 0.793. The summed E-state index contributed by atoms with van der Waals surface area (Å²) in [6.07, 6.45) is 2.89. The average Bonchev–Trinajstić information content (AvgIpc) is 2.48. The van der Waals surface area contributed by atoms with Crippen molar-refractivity contribution in [2.75, 3.05) is 6.26 Å². The molecule has 0 N–H and O–H groups in total. The zero-order valence-electron chi connectivity index (χ0n) is 11.5. The molecule has 0 aromatic rings. The van der Waals surface area contributed by atoms with Crippen LogP contribution in [0.4, 0.5) is 8.78 Å². The monoisotopic (exact) mass is 280 g/mol. The second-order valence-corrected chi connectivity index (χ2v) is 9.06. The summed E-state index contributed by atoms with van der Waals surface area (Å²) in [5.41, 5.74) is -0.100. The van der Waals surface area contributed by atoms with E-state index in [1.54, 1.807) is 0 Å².